The Morgan fingerprint density at radius 2 is 0.933 bits per heavy atom. The van der Waals surface area contributed by atoms with Crippen molar-refractivity contribution < 1.29 is 4.42 Å². The second-order valence-corrected chi connectivity index (χ2v) is 15.0. The molecule has 6 aromatic carbocycles. The highest BCUT2D eigenvalue weighted by atomic mass is 16.3. The van der Waals surface area contributed by atoms with Crippen LogP contribution in [0.2, 0.25) is 0 Å². The first-order valence-electron chi connectivity index (χ1n) is 19.7. The predicted octanol–water partition coefficient (Wildman–Crippen LogP) is 13.0. The van der Waals surface area contributed by atoms with Crippen molar-refractivity contribution in [1.82, 2.24) is 29.9 Å². The first-order chi connectivity index (χ1) is 29.7. The van der Waals surface area contributed by atoms with E-state index in [0.29, 0.717) is 5.71 Å². The van der Waals surface area contributed by atoms with Crippen molar-refractivity contribution in [2.45, 2.75) is 0 Å². The van der Waals surface area contributed by atoms with Gasteiger partial charge in [-0.15, -0.1) is 0 Å². The molecule has 12 aromatic rings. The van der Waals surface area contributed by atoms with E-state index >= 15 is 0 Å². The SMILES string of the molecule is c1ccc2c(c1)oc1ncnc(-c3ccc(N(c4ccc5cc(-c6cnc7ccncc7c6)ccc5c4)c4ccc5cc(-c6cnc7ccncc7c6)ccc5c4)cc3)c12. The lowest BCUT2D eigenvalue weighted by atomic mass is 10.00. The standard InChI is InChI=1S/C52H31N7O/c1-2-4-49-46(3-1)50-51(57-31-58-52(50)60-49)32-9-13-43(14-10-32)59(44-15-11-33-21-35(5-7-37(33)25-44)39-23-41-27-53-19-17-47(41)55-29-39)45-16-12-34-22-36(6-8-38(34)26-45)40-24-42-28-54-20-18-48(42)56-30-40/h1-31H. The molecule has 0 aliphatic carbocycles. The molecule has 8 nitrogen and oxygen atoms in total. The van der Waals surface area contributed by atoms with Gasteiger partial charge in [-0.2, -0.15) is 0 Å². The summed E-state index contributed by atoms with van der Waals surface area (Å²) in [5.74, 6) is 0. The molecule has 0 atom stereocenters. The van der Waals surface area contributed by atoms with Crippen LogP contribution in [0.25, 0.3) is 98.9 Å². The van der Waals surface area contributed by atoms with E-state index in [2.05, 4.69) is 145 Å². The molecule has 0 bridgehead atoms. The number of anilines is 3. The number of hydrogen-bond donors (Lipinski definition) is 0. The Morgan fingerprint density at radius 3 is 1.57 bits per heavy atom. The smallest absolute Gasteiger partial charge is 0.230 e. The summed E-state index contributed by atoms with van der Waals surface area (Å²) in [5.41, 5.74) is 12.5. The fourth-order valence-electron chi connectivity index (χ4n) is 8.35. The summed E-state index contributed by atoms with van der Waals surface area (Å²) in [7, 11) is 0. The van der Waals surface area contributed by atoms with Gasteiger partial charge in [0, 0.05) is 87.1 Å². The summed E-state index contributed by atoms with van der Waals surface area (Å²) in [6.45, 7) is 0. The van der Waals surface area contributed by atoms with Crippen LogP contribution in [0.5, 0.6) is 0 Å². The molecular weight excluding hydrogens is 739 g/mol. The fraction of sp³-hybridized carbons (Fsp3) is 0. The number of furan rings is 1. The maximum atomic E-state index is 6.09. The van der Waals surface area contributed by atoms with Gasteiger partial charge in [-0.05, 0) is 112 Å². The van der Waals surface area contributed by atoms with Crippen molar-refractivity contribution in [2.24, 2.45) is 0 Å². The second-order valence-electron chi connectivity index (χ2n) is 15.0. The highest BCUT2D eigenvalue weighted by Crippen LogP contribution is 2.41. The number of benzene rings is 6. The summed E-state index contributed by atoms with van der Waals surface area (Å²) >= 11 is 0. The van der Waals surface area contributed by atoms with Gasteiger partial charge in [0.2, 0.25) is 5.71 Å². The van der Waals surface area contributed by atoms with E-state index in [9.17, 15) is 0 Å². The van der Waals surface area contributed by atoms with Crippen molar-refractivity contribution in [1.29, 1.82) is 0 Å². The highest BCUT2D eigenvalue weighted by Gasteiger charge is 2.18. The molecule has 0 spiro atoms. The summed E-state index contributed by atoms with van der Waals surface area (Å²) in [6, 6.07) is 51.3. The van der Waals surface area contributed by atoms with Gasteiger partial charge in [-0.25, -0.2) is 9.97 Å². The summed E-state index contributed by atoms with van der Waals surface area (Å²) < 4.78 is 6.09. The Balaban J connectivity index is 0.955. The maximum absolute atomic E-state index is 6.09. The van der Waals surface area contributed by atoms with Gasteiger partial charge >= 0.3 is 0 Å². The van der Waals surface area contributed by atoms with Crippen LogP contribution in [-0.4, -0.2) is 29.9 Å². The molecule has 6 heterocycles. The van der Waals surface area contributed by atoms with Gasteiger partial charge in [0.15, 0.2) is 0 Å². The van der Waals surface area contributed by atoms with Crippen LogP contribution in [-0.2, 0) is 0 Å². The third-order valence-electron chi connectivity index (χ3n) is 11.4. The third kappa shape index (κ3) is 5.77. The van der Waals surface area contributed by atoms with E-state index < -0.39 is 0 Å². The average Bonchev–Trinajstić information content (AvgIpc) is 3.70. The van der Waals surface area contributed by atoms with Crippen molar-refractivity contribution in [3.63, 3.8) is 0 Å². The minimum absolute atomic E-state index is 0.577. The van der Waals surface area contributed by atoms with Crippen LogP contribution < -0.4 is 4.90 Å². The van der Waals surface area contributed by atoms with Crippen LogP contribution in [0, 0.1) is 0 Å². The molecule has 0 fully saturated rings. The largest absolute Gasteiger partial charge is 0.438 e. The van der Waals surface area contributed by atoms with Gasteiger partial charge in [0.1, 0.15) is 11.9 Å². The number of hydrogen-bond acceptors (Lipinski definition) is 8. The highest BCUT2D eigenvalue weighted by molar-refractivity contribution is 6.10. The van der Waals surface area contributed by atoms with Crippen LogP contribution in [0.15, 0.2) is 194 Å². The van der Waals surface area contributed by atoms with Gasteiger partial charge in [0.05, 0.1) is 22.1 Å². The molecule has 6 aromatic heterocycles. The molecular formula is C52H31N7O. The number of pyridine rings is 4. The quantitative estimate of drug-likeness (QED) is 0.165. The van der Waals surface area contributed by atoms with Crippen molar-refractivity contribution in [3.05, 3.63) is 189 Å². The molecule has 0 saturated carbocycles. The molecule has 0 aliphatic heterocycles. The number of nitrogens with zero attached hydrogens (tertiary/aromatic N) is 7. The van der Waals surface area contributed by atoms with Crippen molar-refractivity contribution in [3.8, 4) is 33.5 Å². The van der Waals surface area contributed by atoms with Gasteiger partial charge in [0.25, 0.3) is 0 Å². The Morgan fingerprint density at radius 1 is 0.400 bits per heavy atom. The topological polar surface area (TPSA) is 93.7 Å². The van der Waals surface area contributed by atoms with Crippen molar-refractivity contribution in [2.75, 3.05) is 4.90 Å². The molecule has 280 valence electrons. The Kier molecular flexibility index (Phi) is 7.67. The molecule has 12 rings (SSSR count). The Labute approximate surface area is 343 Å². The molecule has 0 radical (unpaired) electrons. The average molecular weight is 770 g/mol. The molecule has 0 aliphatic rings. The summed E-state index contributed by atoms with van der Waals surface area (Å²) in [4.78, 5) is 29.5. The van der Waals surface area contributed by atoms with Gasteiger partial charge < -0.3 is 9.32 Å². The van der Waals surface area contributed by atoms with E-state index in [0.717, 1.165) is 110 Å². The minimum atomic E-state index is 0.577. The van der Waals surface area contributed by atoms with E-state index in [1.165, 1.54) is 0 Å². The molecule has 60 heavy (non-hydrogen) atoms. The summed E-state index contributed by atoms with van der Waals surface area (Å²) in [5, 5.41) is 8.49. The monoisotopic (exact) mass is 769 g/mol. The van der Waals surface area contributed by atoms with Crippen LogP contribution in [0.4, 0.5) is 17.1 Å². The Bertz CT molecular complexity index is 3480. The number of aromatic nitrogens is 6. The fourth-order valence-corrected chi connectivity index (χ4v) is 8.35. The van der Waals surface area contributed by atoms with Gasteiger partial charge in [-0.3, -0.25) is 19.9 Å². The normalized spacial score (nSPS) is 11.7. The Hall–Kier alpha value is -8.36. The maximum Gasteiger partial charge on any atom is 0.230 e. The van der Waals surface area contributed by atoms with Crippen LogP contribution in [0.3, 0.4) is 0 Å². The zero-order chi connectivity index (χ0) is 39.6. The van der Waals surface area contributed by atoms with E-state index in [1.54, 1.807) is 18.7 Å². The van der Waals surface area contributed by atoms with Crippen LogP contribution in [0.1, 0.15) is 0 Å². The lowest BCUT2D eigenvalue weighted by Crippen LogP contribution is -2.10. The molecule has 0 N–H and O–H groups in total. The number of rotatable bonds is 6. The van der Waals surface area contributed by atoms with E-state index in [4.69, 9.17) is 9.40 Å². The predicted molar refractivity (Wildman–Crippen MR) is 242 cm³/mol. The lowest BCUT2D eigenvalue weighted by molar-refractivity contribution is 0.653. The molecule has 8 heteroatoms. The molecule has 0 unspecified atom stereocenters. The van der Waals surface area contributed by atoms with Crippen LogP contribution >= 0.6 is 0 Å². The zero-order valence-electron chi connectivity index (χ0n) is 31.9. The van der Waals surface area contributed by atoms with E-state index in [1.807, 2.05) is 55.1 Å². The van der Waals surface area contributed by atoms with Gasteiger partial charge in [-0.1, -0.05) is 66.7 Å². The lowest BCUT2D eigenvalue weighted by Gasteiger charge is -2.26. The first kappa shape index (κ1) is 33.7. The number of fused-ring (bicyclic) bond motifs is 7. The van der Waals surface area contributed by atoms with Crippen molar-refractivity contribution >= 4 is 82.5 Å². The molecule has 0 saturated heterocycles. The zero-order valence-corrected chi connectivity index (χ0v) is 31.9. The number of para-hydroxylation sites is 1. The second kappa shape index (κ2) is 13.6. The first-order valence-corrected chi connectivity index (χ1v) is 19.7. The van der Waals surface area contributed by atoms with E-state index in [-0.39, 0.29) is 0 Å². The minimum Gasteiger partial charge on any atom is -0.438 e. The summed E-state index contributed by atoms with van der Waals surface area (Å²) in [6.07, 6.45) is 12.7. The molecule has 0 amide bonds. The third-order valence-corrected chi connectivity index (χ3v) is 11.4.